The van der Waals surface area contributed by atoms with E-state index >= 15 is 0 Å². The molecule has 0 bridgehead atoms. The van der Waals surface area contributed by atoms with Crippen LogP contribution in [0.15, 0.2) is 24.3 Å². The maximum Gasteiger partial charge on any atom is 0.450 e. The number of aliphatic carboxylic acids is 1. The van der Waals surface area contributed by atoms with Gasteiger partial charge in [0.15, 0.2) is 5.78 Å². The zero-order valence-corrected chi connectivity index (χ0v) is 10.5. The van der Waals surface area contributed by atoms with Crippen LogP contribution in [0.2, 0.25) is 0 Å². The van der Waals surface area contributed by atoms with Crippen molar-refractivity contribution in [1.82, 2.24) is 0 Å². The minimum atomic E-state index is -5.03. The molecule has 110 valence electrons. The zero-order valence-electron chi connectivity index (χ0n) is 10.5. The third-order valence-electron chi connectivity index (χ3n) is 2.32. The van der Waals surface area contributed by atoms with Gasteiger partial charge in [-0.3, -0.25) is 14.4 Å². The van der Waals surface area contributed by atoms with Crippen molar-refractivity contribution in [1.29, 1.82) is 0 Å². The van der Waals surface area contributed by atoms with Crippen LogP contribution in [0, 0.1) is 11.8 Å². The Labute approximate surface area is 117 Å². The molecule has 0 atom stereocenters. The number of ketones is 2. The van der Waals surface area contributed by atoms with Crippen molar-refractivity contribution in [3.8, 4) is 11.8 Å². The molecule has 0 saturated carbocycles. The fraction of sp³-hybridized carbons (Fsp3) is 0.214. The molecule has 1 aromatic carbocycles. The lowest BCUT2D eigenvalue weighted by Crippen LogP contribution is -2.25. The van der Waals surface area contributed by atoms with E-state index in [0.29, 0.717) is 5.56 Å². The van der Waals surface area contributed by atoms with Crippen molar-refractivity contribution in [2.24, 2.45) is 0 Å². The summed E-state index contributed by atoms with van der Waals surface area (Å²) < 4.78 is 36.1. The Morgan fingerprint density at radius 1 is 1.10 bits per heavy atom. The smallest absolute Gasteiger partial charge is 0.450 e. The number of benzene rings is 1. The van der Waals surface area contributed by atoms with Gasteiger partial charge >= 0.3 is 12.1 Å². The van der Waals surface area contributed by atoms with Gasteiger partial charge in [0.1, 0.15) is 6.42 Å². The molecule has 0 aliphatic rings. The van der Waals surface area contributed by atoms with Crippen LogP contribution in [0.1, 0.15) is 28.8 Å². The van der Waals surface area contributed by atoms with Crippen molar-refractivity contribution in [2.45, 2.75) is 19.0 Å². The summed E-state index contributed by atoms with van der Waals surface area (Å²) in [5, 5.41) is 8.39. The Kier molecular flexibility index (Phi) is 5.24. The SMILES string of the molecule is O=C(O)CC#Cc1ccc(C(=O)CC(=O)C(F)(F)F)cc1. The van der Waals surface area contributed by atoms with Crippen molar-refractivity contribution in [2.75, 3.05) is 0 Å². The van der Waals surface area contributed by atoms with Gasteiger partial charge in [0.05, 0.1) is 6.42 Å². The number of halogens is 3. The van der Waals surface area contributed by atoms with Gasteiger partial charge < -0.3 is 5.11 Å². The van der Waals surface area contributed by atoms with Crippen molar-refractivity contribution >= 4 is 17.5 Å². The lowest BCUT2D eigenvalue weighted by atomic mass is 10.0. The number of carboxylic acid groups (broad SMARTS) is 1. The molecule has 21 heavy (non-hydrogen) atoms. The third kappa shape index (κ3) is 5.48. The Hall–Kier alpha value is -2.62. The Morgan fingerprint density at radius 3 is 2.14 bits per heavy atom. The molecule has 0 unspecified atom stereocenters. The van der Waals surface area contributed by atoms with E-state index in [2.05, 4.69) is 11.8 Å². The van der Waals surface area contributed by atoms with E-state index in [1.54, 1.807) is 0 Å². The largest absolute Gasteiger partial charge is 0.481 e. The van der Waals surface area contributed by atoms with Gasteiger partial charge in [0.25, 0.3) is 0 Å². The van der Waals surface area contributed by atoms with E-state index in [4.69, 9.17) is 5.11 Å². The minimum Gasteiger partial charge on any atom is -0.481 e. The van der Waals surface area contributed by atoms with Crippen LogP contribution in [-0.2, 0) is 9.59 Å². The average molecular weight is 298 g/mol. The third-order valence-corrected chi connectivity index (χ3v) is 2.32. The van der Waals surface area contributed by atoms with Crippen LogP contribution in [0.4, 0.5) is 13.2 Å². The number of alkyl halides is 3. The standard InChI is InChI=1S/C14H9F3O4/c15-14(16,17)12(19)8-11(18)10-6-4-9(5-7-10)2-1-3-13(20)21/h4-7H,3,8H2,(H,20,21). The molecule has 4 nitrogen and oxygen atoms in total. The number of rotatable bonds is 4. The van der Waals surface area contributed by atoms with Gasteiger partial charge in [-0.05, 0) is 12.1 Å². The molecule has 0 aromatic heterocycles. The highest BCUT2D eigenvalue weighted by Gasteiger charge is 2.39. The maximum atomic E-state index is 12.0. The Bertz CT molecular complexity index is 618. The quantitative estimate of drug-likeness (QED) is 0.525. The number of hydrogen-bond acceptors (Lipinski definition) is 3. The van der Waals surface area contributed by atoms with E-state index in [9.17, 15) is 27.6 Å². The lowest BCUT2D eigenvalue weighted by molar-refractivity contribution is -0.170. The first kappa shape index (κ1) is 16.4. The van der Waals surface area contributed by atoms with E-state index < -0.39 is 30.1 Å². The predicted octanol–water partition coefficient (Wildman–Crippen LogP) is 2.22. The molecule has 1 rings (SSSR count). The van der Waals surface area contributed by atoms with Gasteiger partial charge in [0, 0.05) is 11.1 Å². The molecule has 0 fully saturated rings. The fourth-order valence-electron chi connectivity index (χ4n) is 1.31. The maximum absolute atomic E-state index is 12.0. The fourth-order valence-corrected chi connectivity index (χ4v) is 1.31. The van der Waals surface area contributed by atoms with E-state index in [0.717, 1.165) is 0 Å². The summed E-state index contributed by atoms with van der Waals surface area (Å²) >= 11 is 0. The van der Waals surface area contributed by atoms with Crippen LogP contribution in [-0.4, -0.2) is 28.8 Å². The van der Waals surface area contributed by atoms with Crippen LogP contribution >= 0.6 is 0 Å². The molecule has 0 amide bonds. The number of hydrogen-bond donors (Lipinski definition) is 1. The lowest BCUT2D eigenvalue weighted by Gasteiger charge is -2.04. The highest BCUT2D eigenvalue weighted by atomic mass is 19.4. The molecule has 0 aliphatic carbocycles. The number of Topliss-reactive ketones (excluding diaryl/α,β-unsaturated/α-hetero) is 2. The normalized spacial score (nSPS) is 10.4. The first-order valence-electron chi connectivity index (χ1n) is 5.64. The van der Waals surface area contributed by atoms with Gasteiger partial charge in [-0.2, -0.15) is 13.2 Å². The first-order valence-corrected chi connectivity index (χ1v) is 5.64. The molecule has 0 spiro atoms. The van der Waals surface area contributed by atoms with Crippen LogP contribution in [0.25, 0.3) is 0 Å². The molecule has 0 saturated heterocycles. The van der Waals surface area contributed by atoms with Gasteiger partial charge in [-0.1, -0.05) is 24.0 Å². The molecular formula is C14H9F3O4. The molecular weight excluding hydrogens is 289 g/mol. The summed E-state index contributed by atoms with van der Waals surface area (Å²) in [7, 11) is 0. The zero-order chi connectivity index (χ0) is 16.0. The topological polar surface area (TPSA) is 71.4 Å². The monoisotopic (exact) mass is 298 g/mol. The molecule has 0 aliphatic heterocycles. The van der Waals surface area contributed by atoms with Crippen LogP contribution in [0.3, 0.4) is 0 Å². The Morgan fingerprint density at radius 2 is 1.67 bits per heavy atom. The minimum absolute atomic E-state index is 0.0450. The number of carbonyl (C=O) groups is 3. The van der Waals surface area contributed by atoms with Crippen molar-refractivity contribution in [3.63, 3.8) is 0 Å². The Balaban J connectivity index is 2.73. The molecule has 7 heteroatoms. The van der Waals surface area contributed by atoms with Gasteiger partial charge in [-0.25, -0.2) is 0 Å². The molecule has 0 radical (unpaired) electrons. The van der Waals surface area contributed by atoms with E-state index in [-0.39, 0.29) is 12.0 Å². The second-order valence-corrected chi connectivity index (χ2v) is 3.97. The molecule has 1 N–H and O–H groups in total. The van der Waals surface area contributed by atoms with Gasteiger partial charge in [-0.15, -0.1) is 0 Å². The highest BCUT2D eigenvalue weighted by molar-refractivity contribution is 6.09. The number of carbonyl (C=O) groups excluding carboxylic acids is 2. The summed E-state index contributed by atoms with van der Waals surface area (Å²) in [5.41, 5.74) is 0.367. The first-order chi connectivity index (χ1) is 9.70. The van der Waals surface area contributed by atoms with Crippen LogP contribution < -0.4 is 0 Å². The number of carboxylic acids is 1. The highest BCUT2D eigenvalue weighted by Crippen LogP contribution is 2.19. The molecule has 1 aromatic rings. The summed E-state index contributed by atoms with van der Waals surface area (Å²) in [6, 6.07) is 5.19. The second-order valence-electron chi connectivity index (χ2n) is 3.97. The van der Waals surface area contributed by atoms with E-state index in [1.165, 1.54) is 24.3 Å². The molecule has 0 heterocycles. The van der Waals surface area contributed by atoms with Crippen LogP contribution in [0.5, 0.6) is 0 Å². The summed E-state index contributed by atoms with van der Waals surface area (Å²) in [4.78, 5) is 32.4. The summed E-state index contributed by atoms with van der Waals surface area (Å²) in [5.74, 6) is 0.758. The summed E-state index contributed by atoms with van der Waals surface area (Å²) in [6.45, 7) is 0. The summed E-state index contributed by atoms with van der Waals surface area (Å²) in [6.07, 6.45) is -6.62. The average Bonchev–Trinajstić information content (AvgIpc) is 2.37. The second kappa shape index (κ2) is 6.70. The van der Waals surface area contributed by atoms with Gasteiger partial charge in [0.2, 0.25) is 5.78 Å². The van der Waals surface area contributed by atoms with E-state index in [1.807, 2.05) is 0 Å². The van der Waals surface area contributed by atoms with Crippen molar-refractivity contribution < 1.29 is 32.7 Å². The van der Waals surface area contributed by atoms with Crippen molar-refractivity contribution in [3.05, 3.63) is 35.4 Å². The predicted molar refractivity (Wildman–Crippen MR) is 65.6 cm³/mol.